The number of hydrogen-bond acceptors (Lipinski definition) is 5. The molecule has 0 bridgehead atoms. The van der Waals surface area contributed by atoms with Crippen molar-refractivity contribution < 1.29 is 9.53 Å². The van der Waals surface area contributed by atoms with Crippen LogP contribution in [-0.2, 0) is 0 Å². The van der Waals surface area contributed by atoms with Crippen LogP contribution in [0.25, 0.3) is 42.9 Å². The Morgan fingerprint density at radius 1 is 0.900 bits per heavy atom. The molecule has 198 valence electrons. The lowest BCUT2D eigenvalue weighted by Crippen LogP contribution is -2.46. The fourth-order valence-electron chi connectivity index (χ4n) is 7.27. The van der Waals surface area contributed by atoms with Crippen molar-refractivity contribution in [1.29, 1.82) is 0 Å². The van der Waals surface area contributed by atoms with Gasteiger partial charge in [0.15, 0.2) is 0 Å². The molecular weight excluding hydrogens is 512 g/mol. The number of hydrogen-bond donors (Lipinski definition) is 0. The van der Waals surface area contributed by atoms with E-state index in [2.05, 4.69) is 57.2 Å². The lowest BCUT2D eigenvalue weighted by Gasteiger charge is -2.49. The first-order valence-electron chi connectivity index (χ1n) is 14.3. The van der Waals surface area contributed by atoms with E-state index in [1.807, 2.05) is 36.4 Å². The minimum atomic E-state index is -0.248. The summed E-state index contributed by atoms with van der Waals surface area (Å²) < 4.78 is 8.01. The molecule has 4 nitrogen and oxygen atoms in total. The van der Waals surface area contributed by atoms with Crippen LogP contribution in [0.5, 0.6) is 5.75 Å². The van der Waals surface area contributed by atoms with E-state index in [9.17, 15) is 4.79 Å². The second-order valence-electron chi connectivity index (χ2n) is 12.2. The van der Waals surface area contributed by atoms with Crippen molar-refractivity contribution >= 4 is 60.0 Å². The van der Waals surface area contributed by atoms with Crippen molar-refractivity contribution in [2.45, 2.75) is 51.6 Å². The van der Waals surface area contributed by atoms with Gasteiger partial charge in [-0.15, -0.1) is 11.3 Å². The fraction of sp³-hybridized carbons (Fsp3) is 0.286. The summed E-state index contributed by atoms with van der Waals surface area (Å²) >= 11 is 1.54. The van der Waals surface area contributed by atoms with Gasteiger partial charge in [-0.1, -0.05) is 55.8 Å². The summed E-state index contributed by atoms with van der Waals surface area (Å²) in [4.78, 5) is 24.8. The molecule has 1 fully saturated rings. The summed E-state index contributed by atoms with van der Waals surface area (Å²) in [5, 5.41) is 3.27. The zero-order valence-corrected chi connectivity index (χ0v) is 23.7. The normalized spacial score (nSPS) is 21.8. The van der Waals surface area contributed by atoms with E-state index in [0.29, 0.717) is 23.3 Å². The van der Waals surface area contributed by atoms with Crippen molar-refractivity contribution in [2.24, 2.45) is 11.8 Å². The van der Waals surface area contributed by atoms with E-state index in [-0.39, 0.29) is 11.4 Å². The number of nitrogens with zero attached hydrogens (tertiary/aromatic N) is 2. The van der Waals surface area contributed by atoms with Crippen molar-refractivity contribution in [3.8, 4) is 5.75 Å². The SMILES string of the molecule is CC1CCC2C(C1)c1c(c3ccccc3c3nc4ccc(C(=O)c5cc6ccccc6s5)cc4nc13)OC2(C)C. The maximum Gasteiger partial charge on any atom is 0.203 e. The van der Waals surface area contributed by atoms with Crippen molar-refractivity contribution in [2.75, 3.05) is 0 Å². The van der Waals surface area contributed by atoms with Gasteiger partial charge in [-0.3, -0.25) is 4.79 Å². The van der Waals surface area contributed by atoms with E-state index in [1.54, 1.807) is 0 Å². The fourth-order valence-corrected chi connectivity index (χ4v) is 8.30. The van der Waals surface area contributed by atoms with Gasteiger partial charge in [0, 0.05) is 32.5 Å². The lowest BCUT2D eigenvalue weighted by atomic mass is 9.64. The largest absolute Gasteiger partial charge is 0.487 e. The van der Waals surface area contributed by atoms with Crippen molar-refractivity contribution in [3.05, 3.63) is 88.8 Å². The third-order valence-electron chi connectivity index (χ3n) is 9.24. The minimum Gasteiger partial charge on any atom is -0.487 e. The molecule has 2 aliphatic rings. The highest BCUT2D eigenvalue weighted by molar-refractivity contribution is 7.21. The van der Waals surface area contributed by atoms with Crippen LogP contribution < -0.4 is 4.74 Å². The van der Waals surface area contributed by atoms with Crippen LogP contribution in [-0.4, -0.2) is 21.4 Å². The molecule has 0 amide bonds. The Kier molecular flexibility index (Phi) is 5.15. The number of benzene rings is 4. The molecule has 40 heavy (non-hydrogen) atoms. The molecule has 3 atom stereocenters. The number of fused-ring (bicyclic) bond motifs is 10. The second-order valence-corrected chi connectivity index (χ2v) is 13.3. The van der Waals surface area contributed by atoms with Gasteiger partial charge in [0.05, 0.1) is 26.9 Å². The van der Waals surface area contributed by atoms with Gasteiger partial charge in [0.2, 0.25) is 5.78 Å². The maximum atomic E-state index is 13.6. The van der Waals surface area contributed by atoms with Crippen molar-refractivity contribution in [1.82, 2.24) is 9.97 Å². The number of carbonyl (C=O) groups excluding carboxylic acids is 1. The van der Waals surface area contributed by atoms with E-state index < -0.39 is 0 Å². The Morgan fingerprint density at radius 2 is 1.68 bits per heavy atom. The molecule has 0 radical (unpaired) electrons. The predicted molar refractivity (Wildman–Crippen MR) is 164 cm³/mol. The van der Waals surface area contributed by atoms with Gasteiger partial charge in [0.1, 0.15) is 11.4 Å². The number of carbonyl (C=O) groups is 1. The lowest BCUT2D eigenvalue weighted by molar-refractivity contribution is -0.0115. The quantitative estimate of drug-likeness (QED) is 0.124. The number of thiophene rings is 1. The monoisotopic (exact) mass is 542 g/mol. The van der Waals surface area contributed by atoms with Gasteiger partial charge in [-0.25, -0.2) is 9.97 Å². The maximum absolute atomic E-state index is 13.6. The Balaban J connectivity index is 1.36. The topological polar surface area (TPSA) is 52.1 Å². The Labute approximate surface area is 237 Å². The molecule has 2 aromatic heterocycles. The first-order chi connectivity index (χ1) is 19.4. The third-order valence-corrected chi connectivity index (χ3v) is 10.4. The highest BCUT2D eigenvalue weighted by Crippen LogP contribution is 2.56. The predicted octanol–water partition coefficient (Wildman–Crippen LogP) is 9.07. The molecule has 3 heterocycles. The van der Waals surface area contributed by atoms with E-state index in [0.717, 1.165) is 66.4 Å². The molecule has 8 rings (SSSR count). The van der Waals surface area contributed by atoms with Gasteiger partial charge >= 0.3 is 0 Å². The number of rotatable bonds is 2. The molecule has 6 aromatic rings. The summed E-state index contributed by atoms with van der Waals surface area (Å²) in [7, 11) is 0. The first kappa shape index (κ1) is 24.0. The Morgan fingerprint density at radius 3 is 2.52 bits per heavy atom. The van der Waals surface area contributed by atoms with Crippen molar-refractivity contribution in [3.63, 3.8) is 0 Å². The smallest absolute Gasteiger partial charge is 0.203 e. The summed E-state index contributed by atoms with van der Waals surface area (Å²) in [5.74, 6) is 2.44. The highest BCUT2D eigenvalue weighted by atomic mass is 32.1. The average molecular weight is 543 g/mol. The Bertz CT molecular complexity index is 1970. The van der Waals surface area contributed by atoms with Crippen LogP contribution in [0.2, 0.25) is 0 Å². The van der Waals surface area contributed by atoms with Crippen LogP contribution in [0, 0.1) is 11.8 Å². The zero-order chi connectivity index (χ0) is 27.2. The highest BCUT2D eigenvalue weighted by Gasteiger charge is 2.47. The molecule has 0 spiro atoms. The molecule has 1 aliphatic heterocycles. The van der Waals surface area contributed by atoms with Gasteiger partial charge in [-0.05, 0) is 74.2 Å². The van der Waals surface area contributed by atoms with E-state index >= 15 is 0 Å². The molecule has 3 unspecified atom stereocenters. The summed E-state index contributed by atoms with van der Waals surface area (Å²) in [6.45, 7) is 6.87. The van der Waals surface area contributed by atoms with E-state index in [1.165, 1.54) is 23.3 Å². The average Bonchev–Trinajstić information content (AvgIpc) is 3.40. The van der Waals surface area contributed by atoms with Gasteiger partial charge in [-0.2, -0.15) is 0 Å². The molecule has 1 aliphatic carbocycles. The molecule has 1 saturated carbocycles. The third kappa shape index (κ3) is 3.53. The van der Waals surface area contributed by atoms with Crippen LogP contribution in [0.4, 0.5) is 0 Å². The summed E-state index contributed by atoms with van der Waals surface area (Å²) in [6, 6.07) is 24.3. The standard InChI is InChI=1S/C35H30N2O2S/c1-19-12-14-25-24(16-19)30-32-31(22-9-5-6-10-23(22)34(30)39-35(25,2)3)36-26-15-13-21(17-27(26)37-32)33(38)29-18-20-8-4-7-11-28(20)40-29/h4-11,13,15,17-19,24-25H,12,14,16H2,1-3H3. The van der Waals surface area contributed by atoms with Crippen LogP contribution in [0.15, 0.2) is 72.8 Å². The number of aromatic nitrogens is 2. The number of ketones is 1. The zero-order valence-electron chi connectivity index (χ0n) is 22.9. The van der Waals surface area contributed by atoms with Crippen LogP contribution in [0.1, 0.15) is 66.8 Å². The first-order valence-corrected chi connectivity index (χ1v) is 15.1. The molecule has 0 saturated heterocycles. The minimum absolute atomic E-state index is 0.0248. The second kappa shape index (κ2) is 8.58. The molecular formula is C35H30N2O2S. The number of ether oxygens (including phenoxy) is 1. The molecule has 0 N–H and O–H groups in total. The van der Waals surface area contributed by atoms with Crippen LogP contribution in [0.3, 0.4) is 0 Å². The Hall–Kier alpha value is -3.83. The molecule has 5 heteroatoms. The van der Waals surface area contributed by atoms with E-state index in [4.69, 9.17) is 14.7 Å². The van der Waals surface area contributed by atoms with Gasteiger partial charge in [0.25, 0.3) is 0 Å². The summed E-state index contributed by atoms with van der Waals surface area (Å²) in [6.07, 6.45) is 3.51. The van der Waals surface area contributed by atoms with Crippen LogP contribution >= 0.6 is 11.3 Å². The summed E-state index contributed by atoms with van der Waals surface area (Å²) in [5.41, 5.74) is 5.00. The van der Waals surface area contributed by atoms with Gasteiger partial charge < -0.3 is 4.74 Å². The molecule has 4 aromatic carbocycles.